The number of hydrogen-bond donors (Lipinski definition) is 2. The fourth-order valence-corrected chi connectivity index (χ4v) is 7.68. The van der Waals surface area contributed by atoms with E-state index >= 15 is 0 Å². The van der Waals surface area contributed by atoms with Gasteiger partial charge in [-0.05, 0) is 55.3 Å². The maximum atomic E-state index is 11.2. The van der Waals surface area contributed by atoms with Crippen LogP contribution in [0.3, 0.4) is 0 Å². The molecule has 0 saturated carbocycles. The van der Waals surface area contributed by atoms with Crippen molar-refractivity contribution in [2.75, 3.05) is 34.4 Å². The summed E-state index contributed by atoms with van der Waals surface area (Å²) in [6.45, 7) is 0.728. The molecule has 0 saturated heterocycles. The Morgan fingerprint density at radius 1 is 0.857 bits per heavy atom. The first-order valence-electron chi connectivity index (χ1n) is 10.5. The Bertz CT molecular complexity index is 1370. The van der Waals surface area contributed by atoms with E-state index < -0.39 is 20.2 Å². The average Bonchev–Trinajstić information content (AvgIpc) is 3.24. The summed E-state index contributed by atoms with van der Waals surface area (Å²) in [4.78, 5) is 5.97. The molecule has 4 rings (SSSR count). The second-order valence-corrected chi connectivity index (χ2v) is 14.2. The lowest BCUT2D eigenvalue weighted by atomic mass is 10.2. The molecule has 2 N–H and O–H groups in total. The third-order valence-corrected chi connectivity index (χ3v) is 9.79. The van der Waals surface area contributed by atoms with Crippen LogP contribution in [0.2, 0.25) is 10.0 Å². The van der Waals surface area contributed by atoms with E-state index in [0.29, 0.717) is 23.1 Å². The van der Waals surface area contributed by atoms with Gasteiger partial charge in [-0.15, -0.1) is 0 Å². The van der Waals surface area contributed by atoms with Gasteiger partial charge in [0.15, 0.2) is 0 Å². The van der Waals surface area contributed by atoms with E-state index in [4.69, 9.17) is 32.3 Å². The minimum absolute atomic E-state index is 0.193. The standard InChI is InChI=1S/C21H22Cl2N2O6S4/c22-14-3-5-18-16(11-14)24(7-1-9-34(26,27)28)20(32-18)13-21-25(8-2-10-35(29,30)31)17-12-15(23)4-6-19(17)33-21/h3-6,11-13,20H,1-2,7-10H2,(H,26,27,28)(H,29,30,31). The molecule has 1 unspecified atom stereocenters. The molecule has 14 heteroatoms. The number of benzene rings is 2. The van der Waals surface area contributed by atoms with Crippen LogP contribution in [0, 0.1) is 0 Å². The van der Waals surface area contributed by atoms with Crippen LogP contribution in [0.25, 0.3) is 0 Å². The lowest BCUT2D eigenvalue weighted by Gasteiger charge is -2.27. The Labute approximate surface area is 223 Å². The third-order valence-electron chi connectivity index (χ3n) is 5.35. The van der Waals surface area contributed by atoms with Crippen LogP contribution in [0.1, 0.15) is 12.8 Å². The predicted molar refractivity (Wildman–Crippen MR) is 143 cm³/mol. The number of hydrogen-bond acceptors (Lipinski definition) is 8. The largest absolute Gasteiger partial charge is 0.355 e. The van der Waals surface area contributed by atoms with Gasteiger partial charge in [-0.3, -0.25) is 9.11 Å². The van der Waals surface area contributed by atoms with Gasteiger partial charge in [-0.1, -0.05) is 46.7 Å². The van der Waals surface area contributed by atoms with Crippen molar-refractivity contribution in [2.45, 2.75) is 28.0 Å². The maximum absolute atomic E-state index is 11.2. The number of rotatable bonds is 9. The summed E-state index contributed by atoms with van der Waals surface area (Å²) in [6, 6.07) is 11.0. The summed E-state index contributed by atoms with van der Waals surface area (Å²) >= 11 is 15.6. The Hall–Kier alpha value is -1.12. The van der Waals surface area contributed by atoms with Gasteiger partial charge in [0.05, 0.1) is 27.9 Å². The minimum Gasteiger partial charge on any atom is -0.355 e. The molecule has 1 atom stereocenters. The van der Waals surface area contributed by atoms with Crippen molar-refractivity contribution in [3.8, 4) is 0 Å². The highest BCUT2D eigenvalue weighted by Crippen LogP contribution is 2.50. The zero-order valence-electron chi connectivity index (χ0n) is 18.2. The molecule has 190 valence electrons. The molecule has 0 spiro atoms. The molecule has 0 fully saturated rings. The van der Waals surface area contributed by atoms with Gasteiger partial charge in [0.1, 0.15) is 5.37 Å². The van der Waals surface area contributed by atoms with E-state index in [1.807, 2.05) is 40.1 Å². The van der Waals surface area contributed by atoms with Gasteiger partial charge in [-0.2, -0.15) is 16.8 Å². The number of nitrogens with zero attached hydrogens (tertiary/aromatic N) is 2. The van der Waals surface area contributed by atoms with Gasteiger partial charge in [-0.25, -0.2) is 0 Å². The molecule has 2 aromatic carbocycles. The lowest BCUT2D eigenvalue weighted by molar-refractivity contribution is 0.479. The molecule has 0 aromatic heterocycles. The van der Waals surface area contributed by atoms with Crippen LogP contribution in [0.5, 0.6) is 0 Å². The number of thioether (sulfide) groups is 2. The van der Waals surface area contributed by atoms with Crippen LogP contribution in [0.15, 0.2) is 57.3 Å². The molecule has 8 nitrogen and oxygen atoms in total. The van der Waals surface area contributed by atoms with Crippen molar-refractivity contribution in [2.24, 2.45) is 0 Å². The summed E-state index contributed by atoms with van der Waals surface area (Å²) in [5, 5.41) is 1.78. The summed E-state index contributed by atoms with van der Waals surface area (Å²) in [6.07, 6.45) is 2.48. The van der Waals surface area contributed by atoms with E-state index in [9.17, 15) is 16.8 Å². The van der Waals surface area contributed by atoms with E-state index in [2.05, 4.69) is 0 Å². The van der Waals surface area contributed by atoms with Crippen LogP contribution in [0.4, 0.5) is 11.4 Å². The van der Waals surface area contributed by atoms with E-state index in [0.717, 1.165) is 26.2 Å². The molecule has 0 aliphatic carbocycles. The van der Waals surface area contributed by atoms with Gasteiger partial charge in [0, 0.05) is 32.9 Å². The molecule has 2 aliphatic heterocycles. The van der Waals surface area contributed by atoms with Gasteiger partial charge in [0.25, 0.3) is 20.2 Å². The maximum Gasteiger partial charge on any atom is 0.264 e. The number of fused-ring (bicyclic) bond motifs is 2. The van der Waals surface area contributed by atoms with E-state index in [-0.39, 0.29) is 29.7 Å². The number of anilines is 2. The summed E-state index contributed by atoms with van der Waals surface area (Å²) in [5.74, 6) is -0.713. The molecule has 2 aromatic rings. The summed E-state index contributed by atoms with van der Waals surface area (Å²) < 4.78 is 63.3. The van der Waals surface area contributed by atoms with Crippen molar-refractivity contribution in [3.63, 3.8) is 0 Å². The van der Waals surface area contributed by atoms with E-state index in [1.165, 1.54) is 11.8 Å². The highest BCUT2D eigenvalue weighted by Gasteiger charge is 2.32. The fraction of sp³-hybridized carbons (Fsp3) is 0.333. The van der Waals surface area contributed by atoms with Gasteiger partial charge in [0.2, 0.25) is 0 Å². The van der Waals surface area contributed by atoms with Crippen molar-refractivity contribution in [3.05, 3.63) is 57.5 Å². The van der Waals surface area contributed by atoms with Gasteiger partial charge < -0.3 is 9.80 Å². The molecular weight excluding hydrogens is 575 g/mol. The van der Waals surface area contributed by atoms with Crippen molar-refractivity contribution in [1.82, 2.24) is 0 Å². The molecular formula is C21H22Cl2N2O6S4. The number of halogens is 2. The average molecular weight is 598 g/mol. The first-order chi connectivity index (χ1) is 16.4. The molecule has 2 aliphatic rings. The highest BCUT2D eigenvalue weighted by molar-refractivity contribution is 8.04. The summed E-state index contributed by atoms with van der Waals surface area (Å²) in [5.41, 5.74) is 1.73. The second-order valence-electron chi connectivity index (χ2n) is 7.96. The second kappa shape index (κ2) is 10.7. The zero-order chi connectivity index (χ0) is 25.4. The van der Waals surface area contributed by atoms with Crippen LogP contribution in [-0.2, 0) is 20.2 Å². The van der Waals surface area contributed by atoms with Crippen LogP contribution in [-0.4, -0.2) is 55.9 Å². The van der Waals surface area contributed by atoms with Gasteiger partial charge >= 0.3 is 0 Å². The highest BCUT2D eigenvalue weighted by atomic mass is 35.5. The minimum atomic E-state index is -4.09. The first-order valence-corrected chi connectivity index (χ1v) is 16.2. The van der Waals surface area contributed by atoms with Crippen molar-refractivity contribution < 1.29 is 25.9 Å². The Kier molecular flexibility index (Phi) is 8.23. The fourth-order valence-electron chi connectivity index (χ4n) is 3.89. The topological polar surface area (TPSA) is 115 Å². The quantitative estimate of drug-likeness (QED) is 0.372. The normalized spacial score (nSPS) is 18.9. The Balaban J connectivity index is 1.63. The SMILES string of the molecule is O=S(=O)(O)CCCN1C(=CC2Sc3ccc(Cl)cc3N2CCCS(=O)(=O)O)Sc2ccc(Cl)cc21. The zero-order valence-corrected chi connectivity index (χ0v) is 23.0. The molecule has 0 amide bonds. The molecule has 2 heterocycles. The van der Waals surface area contributed by atoms with E-state index in [1.54, 1.807) is 23.9 Å². The Morgan fingerprint density at radius 3 is 2.06 bits per heavy atom. The summed E-state index contributed by atoms with van der Waals surface area (Å²) in [7, 11) is -8.17. The molecule has 0 radical (unpaired) electrons. The van der Waals surface area contributed by atoms with Crippen molar-refractivity contribution >= 4 is 78.3 Å². The lowest BCUT2D eigenvalue weighted by Crippen LogP contribution is -2.31. The molecule has 35 heavy (non-hydrogen) atoms. The smallest absolute Gasteiger partial charge is 0.264 e. The van der Waals surface area contributed by atoms with Crippen LogP contribution < -0.4 is 9.80 Å². The molecule has 0 bridgehead atoms. The van der Waals surface area contributed by atoms with Crippen LogP contribution >= 0.6 is 46.7 Å². The third kappa shape index (κ3) is 7.01. The Morgan fingerprint density at radius 2 is 1.43 bits per heavy atom. The monoisotopic (exact) mass is 596 g/mol. The predicted octanol–water partition coefficient (Wildman–Crippen LogP) is 5.24. The first kappa shape index (κ1) is 26.9. The van der Waals surface area contributed by atoms with Crippen molar-refractivity contribution in [1.29, 1.82) is 0 Å².